The minimum absolute atomic E-state index is 0.0536. The van der Waals surface area contributed by atoms with E-state index in [1.165, 1.54) is 10.9 Å². The molecule has 0 aliphatic carbocycles. The van der Waals surface area contributed by atoms with E-state index in [1.807, 2.05) is 44.2 Å². The van der Waals surface area contributed by atoms with E-state index in [0.717, 1.165) is 16.8 Å². The number of esters is 1. The maximum Gasteiger partial charge on any atom is 0.323 e. The molecule has 25 heavy (non-hydrogen) atoms. The lowest BCUT2D eigenvalue weighted by Crippen LogP contribution is -2.46. The van der Waals surface area contributed by atoms with Crippen LogP contribution in [-0.2, 0) is 16.0 Å². The van der Waals surface area contributed by atoms with Crippen molar-refractivity contribution in [2.45, 2.75) is 38.5 Å². The maximum atomic E-state index is 12.6. The van der Waals surface area contributed by atoms with Gasteiger partial charge in [-0.05, 0) is 31.0 Å². The van der Waals surface area contributed by atoms with Crippen molar-refractivity contribution in [3.8, 4) is 0 Å². The Bertz CT molecular complexity index is 899. The summed E-state index contributed by atoms with van der Waals surface area (Å²) in [5.74, 6) is -0.188. The fourth-order valence-electron chi connectivity index (χ4n) is 3.61. The summed E-state index contributed by atoms with van der Waals surface area (Å²) in [6, 6.07) is 18.1. The highest BCUT2D eigenvalue weighted by Gasteiger charge is 2.34. The third-order valence-electron chi connectivity index (χ3n) is 4.68. The zero-order chi connectivity index (χ0) is 17.4. The molecule has 128 valence electrons. The molecule has 0 unspecified atom stereocenters. The molecule has 1 aliphatic heterocycles. The van der Waals surface area contributed by atoms with E-state index >= 15 is 0 Å². The average molecular weight is 334 g/mol. The summed E-state index contributed by atoms with van der Waals surface area (Å²) in [4.78, 5) is 16.1. The van der Waals surface area contributed by atoms with Gasteiger partial charge in [0.15, 0.2) is 0 Å². The molecule has 1 aromatic heterocycles. The van der Waals surface area contributed by atoms with E-state index in [1.54, 1.807) is 0 Å². The lowest BCUT2D eigenvalue weighted by molar-refractivity contribution is -0.150. The number of nitrogens with one attached hydrogen (secondary N) is 2. The summed E-state index contributed by atoms with van der Waals surface area (Å²) in [5.41, 5.74) is 4.58. The van der Waals surface area contributed by atoms with Crippen LogP contribution in [0.25, 0.3) is 10.9 Å². The number of H-pyrrole nitrogens is 1. The zero-order valence-corrected chi connectivity index (χ0v) is 14.5. The van der Waals surface area contributed by atoms with Gasteiger partial charge >= 0.3 is 5.97 Å². The van der Waals surface area contributed by atoms with Crippen molar-refractivity contribution >= 4 is 16.9 Å². The molecule has 4 heteroatoms. The quantitative estimate of drug-likeness (QED) is 0.718. The number of benzene rings is 2. The molecular formula is C21H22N2O2. The van der Waals surface area contributed by atoms with E-state index in [9.17, 15) is 4.79 Å². The molecule has 4 nitrogen and oxygen atoms in total. The normalized spacial score (nSPS) is 19.8. The number of hydrogen-bond donors (Lipinski definition) is 2. The van der Waals surface area contributed by atoms with Crippen LogP contribution >= 0.6 is 0 Å². The van der Waals surface area contributed by atoms with Crippen LogP contribution < -0.4 is 5.32 Å². The summed E-state index contributed by atoms with van der Waals surface area (Å²) in [6.07, 6.45) is 0.516. The molecule has 0 saturated carbocycles. The van der Waals surface area contributed by atoms with Crippen LogP contribution in [0, 0.1) is 0 Å². The second kappa shape index (κ2) is 6.37. The van der Waals surface area contributed by atoms with Gasteiger partial charge in [-0.3, -0.25) is 10.1 Å². The molecule has 0 spiro atoms. The molecule has 2 N–H and O–H groups in total. The summed E-state index contributed by atoms with van der Waals surface area (Å²) in [6.45, 7) is 3.76. The third kappa shape index (κ3) is 2.94. The van der Waals surface area contributed by atoms with Crippen molar-refractivity contribution in [3.05, 3.63) is 71.4 Å². The van der Waals surface area contributed by atoms with Crippen molar-refractivity contribution in [3.63, 3.8) is 0 Å². The number of carbonyl (C=O) groups excluding carboxylic acids is 1. The zero-order valence-electron chi connectivity index (χ0n) is 14.5. The number of rotatable bonds is 3. The van der Waals surface area contributed by atoms with Crippen molar-refractivity contribution in [1.29, 1.82) is 0 Å². The Morgan fingerprint density at radius 2 is 1.80 bits per heavy atom. The van der Waals surface area contributed by atoms with Crippen LogP contribution in [0.2, 0.25) is 0 Å². The van der Waals surface area contributed by atoms with Crippen molar-refractivity contribution in [2.75, 3.05) is 0 Å². The molecule has 0 bridgehead atoms. The monoisotopic (exact) mass is 334 g/mol. The molecule has 3 aromatic rings. The molecule has 0 amide bonds. The molecule has 2 heterocycles. The lowest BCUT2D eigenvalue weighted by Gasteiger charge is -2.31. The molecule has 2 atom stereocenters. The summed E-state index contributed by atoms with van der Waals surface area (Å²) < 4.78 is 5.47. The lowest BCUT2D eigenvalue weighted by atomic mass is 9.90. The largest absolute Gasteiger partial charge is 0.462 e. The van der Waals surface area contributed by atoms with Gasteiger partial charge in [-0.2, -0.15) is 0 Å². The predicted octanol–water partition coefficient (Wildman–Crippen LogP) is 3.72. The first-order valence-electron chi connectivity index (χ1n) is 8.74. The highest BCUT2D eigenvalue weighted by molar-refractivity contribution is 5.87. The molecular weight excluding hydrogens is 312 g/mol. The second-order valence-corrected chi connectivity index (χ2v) is 6.82. The maximum absolute atomic E-state index is 12.6. The van der Waals surface area contributed by atoms with Crippen LogP contribution in [0.5, 0.6) is 0 Å². The van der Waals surface area contributed by atoms with Crippen LogP contribution in [0.15, 0.2) is 54.6 Å². The van der Waals surface area contributed by atoms with E-state index in [4.69, 9.17) is 4.74 Å². The summed E-state index contributed by atoms with van der Waals surface area (Å²) in [7, 11) is 0. The Balaban J connectivity index is 1.80. The first-order chi connectivity index (χ1) is 12.1. The van der Waals surface area contributed by atoms with Gasteiger partial charge in [0.25, 0.3) is 0 Å². The SMILES string of the molecule is CC(C)OC(=O)[C@@H]1Cc2c([nH]c3ccccc23)[C@H](c2ccccc2)N1. The molecule has 4 rings (SSSR count). The number of hydrogen-bond acceptors (Lipinski definition) is 3. The smallest absolute Gasteiger partial charge is 0.323 e. The number of ether oxygens (including phenoxy) is 1. The summed E-state index contributed by atoms with van der Waals surface area (Å²) in [5, 5.41) is 4.67. The Labute approximate surface area is 147 Å². The number of fused-ring (bicyclic) bond motifs is 3. The number of carbonyl (C=O) groups is 1. The second-order valence-electron chi connectivity index (χ2n) is 6.82. The van der Waals surface area contributed by atoms with Gasteiger partial charge in [0.1, 0.15) is 6.04 Å². The minimum atomic E-state index is -0.348. The minimum Gasteiger partial charge on any atom is -0.462 e. The molecule has 0 fully saturated rings. The molecule has 0 radical (unpaired) electrons. The Kier molecular flexibility index (Phi) is 4.06. The van der Waals surface area contributed by atoms with Gasteiger partial charge in [0, 0.05) is 23.0 Å². The topological polar surface area (TPSA) is 54.1 Å². The Morgan fingerprint density at radius 3 is 2.56 bits per heavy atom. The van der Waals surface area contributed by atoms with Crippen molar-refractivity contribution < 1.29 is 9.53 Å². The number of aromatic amines is 1. The molecule has 2 aromatic carbocycles. The van der Waals surface area contributed by atoms with Crippen molar-refractivity contribution in [2.24, 2.45) is 0 Å². The van der Waals surface area contributed by atoms with E-state index in [0.29, 0.717) is 6.42 Å². The first kappa shape index (κ1) is 15.9. The van der Waals surface area contributed by atoms with Crippen molar-refractivity contribution in [1.82, 2.24) is 10.3 Å². The number of para-hydroxylation sites is 1. The number of aromatic nitrogens is 1. The van der Waals surface area contributed by atoms with Gasteiger partial charge in [-0.25, -0.2) is 0 Å². The van der Waals surface area contributed by atoms with Crippen LogP contribution in [0.3, 0.4) is 0 Å². The van der Waals surface area contributed by atoms with Gasteiger partial charge in [0.05, 0.1) is 12.1 Å². The third-order valence-corrected chi connectivity index (χ3v) is 4.68. The highest BCUT2D eigenvalue weighted by atomic mass is 16.5. The fourth-order valence-corrected chi connectivity index (χ4v) is 3.61. The van der Waals surface area contributed by atoms with E-state index < -0.39 is 0 Å². The van der Waals surface area contributed by atoms with Gasteiger partial charge in [0.2, 0.25) is 0 Å². The highest BCUT2D eigenvalue weighted by Crippen LogP contribution is 2.35. The standard InChI is InChI=1S/C21H22N2O2/c1-13(2)25-21(24)18-12-16-15-10-6-7-11-17(15)22-20(16)19(23-18)14-8-4-3-5-9-14/h3-11,13,18-19,22-23H,12H2,1-2H3/t18-,19-/m0/s1. The van der Waals surface area contributed by atoms with Gasteiger partial charge < -0.3 is 9.72 Å². The average Bonchev–Trinajstić information content (AvgIpc) is 3.00. The fraction of sp³-hybridized carbons (Fsp3) is 0.286. The van der Waals surface area contributed by atoms with Crippen LogP contribution in [0.4, 0.5) is 0 Å². The first-order valence-corrected chi connectivity index (χ1v) is 8.74. The summed E-state index contributed by atoms with van der Waals surface area (Å²) >= 11 is 0. The molecule has 1 aliphatic rings. The Hall–Kier alpha value is -2.59. The van der Waals surface area contributed by atoms with Crippen LogP contribution in [-0.4, -0.2) is 23.1 Å². The predicted molar refractivity (Wildman–Crippen MR) is 98.4 cm³/mol. The van der Waals surface area contributed by atoms with E-state index in [-0.39, 0.29) is 24.2 Å². The molecule has 0 saturated heterocycles. The Morgan fingerprint density at radius 1 is 1.08 bits per heavy atom. The van der Waals surface area contributed by atoms with Crippen LogP contribution in [0.1, 0.15) is 36.7 Å². The van der Waals surface area contributed by atoms with E-state index in [2.05, 4.69) is 34.6 Å². The van der Waals surface area contributed by atoms with Gasteiger partial charge in [-0.15, -0.1) is 0 Å². The van der Waals surface area contributed by atoms with Gasteiger partial charge in [-0.1, -0.05) is 48.5 Å².